The van der Waals surface area contributed by atoms with E-state index < -0.39 is 35.4 Å². The summed E-state index contributed by atoms with van der Waals surface area (Å²) in [6.07, 6.45) is -5.11. The van der Waals surface area contributed by atoms with Crippen LogP contribution in [-0.2, 0) is 6.18 Å². The van der Waals surface area contributed by atoms with Crippen LogP contribution in [0.3, 0.4) is 0 Å². The molecular formula is C29H22F4N4O3. The fourth-order valence-corrected chi connectivity index (χ4v) is 4.55. The van der Waals surface area contributed by atoms with Gasteiger partial charge in [-0.05, 0) is 65.3 Å². The molecule has 1 amide bonds. The second kappa shape index (κ2) is 10.6. The van der Waals surface area contributed by atoms with Gasteiger partial charge in [0.2, 0.25) is 0 Å². The van der Waals surface area contributed by atoms with Crippen LogP contribution >= 0.6 is 0 Å². The zero-order chi connectivity index (χ0) is 28.6. The second-order valence-corrected chi connectivity index (χ2v) is 9.53. The van der Waals surface area contributed by atoms with E-state index in [1.165, 1.54) is 36.4 Å². The minimum Gasteiger partial charge on any atom is -0.396 e. The molecule has 5 rings (SSSR count). The number of aliphatic hydroxyl groups excluding tert-OH is 2. The topological polar surface area (TPSA) is 111 Å². The van der Waals surface area contributed by atoms with E-state index in [-0.39, 0.29) is 40.9 Å². The van der Waals surface area contributed by atoms with Crippen molar-refractivity contribution in [3.05, 3.63) is 112 Å². The summed E-state index contributed by atoms with van der Waals surface area (Å²) in [6, 6.07) is 18.7. The Bertz CT molecular complexity index is 1610. The molecule has 11 heteroatoms. The van der Waals surface area contributed by atoms with Gasteiger partial charge in [0.05, 0.1) is 23.0 Å². The molecule has 3 unspecified atom stereocenters. The second-order valence-electron chi connectivity index (χ2n) is 9.53. The predicted octanol–water partition coefficient (Wildman–Crippen LogP) is 5.33. The molecule has 1 aliphatic rings. The monoisotopic (exact) mass is 550 g/mol. The van der Waals surface area contributed by atoms with E-state index in [4.69, 9.17) is 5.26 Å². The van der Waals surface area contributed by atoms with Crippen molar-refractivity contribution in [2.24, 2.45) is 5.92 Å². The molecule has 3 N–H and O–H groups in total. The van der Waals surface area contributed by atoms with Crippen molar-refractivity contribution in [1.29, 1.82) is 5.26 Å². The van der Waals surface area contributed by atoms with Gasteiger partial charge in [-0.1, -0.05) is 36.4 Å². The third-order valence-electron chi connectivity index (χ3n) is 6.85. The summed E-state index contributed by atoms with van der Waals surface area (Å²) >= 11 is 0. The third-order valence-corrected chi connectivity index (χ3v) is 6.85. The summed E-state index contributed by atoms with van der Waals surface area (Å²) in [5.74, 6) is -1.43. The van der Waals surface area contributed by atoms with Crippen LogP contribution in [0.4, 0.5) is 23.2 Å². The molecule has 0 saturated heterocycles. The maximum Gasteiger partial charge on any atom is 0.435 e. The lowest BCUT2D eigenvalue weighted by atomic mass is 9.98. The number of aromatic nitrogens is 2. The van der Waals surface area contributed by atoms with Crippen molar-refractivity contribution in [1.82, 2.24) is 9.78 Å². The number of nitrogens with zero attached hydrogens (tertiary/aromatic N) is 3. The van der Waals surface area contributed by atoms with E-state index in [1.807, 2.05) is 18.2 Å². The lowest BCUT2D eigenvalue weighted by molar-refractivity contribution is -0.141. The van der Waals surface area contributed by atoms with Gasteiger partial charge in [-0.3, -0.25) is 4.79 Å². The first-order valence-corrected chi connectivity index (χ1v) is 12.3. The molecule has 3 aromatic carbocycles. The molecule has 1 fully saturated rings. The number of amides is 1. The quantitative estimate of drug-likeness (QED) is 0.270. The molecule has 0 aliphatic heterocycles. The molecular weight excluding hydrogens is 528 g/mol. The highest BCUT2D eigenvalue weighted by atomic mass is 19.4. The molecule has 40 heavy (non-hydrogen) atoms. The molecule has 1 aromatic heterocycles. The minimum absolute atomic E-state index is 0.0400. The Balaban J connectivity index is 1.37. The van der Waals surface area contributed by atoms with Crippen LogP contribution in [-0.4, -0.2) is 32.5 Å². The lowest BCUT2D eigenvalue weighted by Crippen LogP contribution is -2.18. The van der Waals surface area contributed by atoms with E-state index in [2.05, 4.69) is 10.4 Å². The van der Waals surface area contributed by atoms with Crippen LogP contribution in [0.25, 0.3) is 5.69 Å². The first kappa shape index (κ1) is 27.1. The number of hydrogen-bond acceptors (Lipinski definition) is 5. The van der Waals surface area contributed by atoms with Gasteiger partial charge < -0.3 is 15.5 Å². The summed E-state index contributed by atoms with van der Waals surface area (Å²) in [5.41, 5.74) is -0.213. The van der Waals surface area contributed by atoms with Crippen molar-refractivity contribution in [2.75, 3.05) is 11.9 Å². The number of hydrogen-bond donors (Lipinski definition) is 3. The van der Waals surface area contributed by atoms with Crippen LogP contribution < -0.4 is 5.32 Å². The van der Waals surface area contributed by atoms with Gasteiger partial charge in [0.1, 0.15) is 17.6 Å². The van der Waals surface area contributed by atoms with Crippen LogP contribution in [0.15, 0.2) is 72.8 Å². The number of carbonyl (C=O) groups excluding carboxylic acids is 1. The summed E-state index contributed by atoms with van der Waals surface area (Å²) < 4.78 is 55.9. The first-order valence-electron chi connectivity index (χ1n) is 12.3. The Morgan fingerprint density at radius 3 is 2.45 bits per heavy atom. The molecule has 1 heterocycles. The zero-order valence-electron chi connectivity index (χ0n) is 20.7. The lowest BCUT2D eigenvalue weighted by Gasteiger charge is -2.14. The summed E-state index contributed by atoms with van der Waals surface area (Å²) in [5, 5.41) is 34.9. The molecule has 1 aliphatic carbocycles. The van der Waals surface area contributed by atoms with Gasteiger partial charge in [-0.25, -0.2) is 9.07 Å². The van der Waals surface area contributed by atoms with Crippen molar-refractivity contribution in [3.63, 3.8) is 0 Å². The van der Waals surface area contributed by atoms with Crippen LogP contribution in [0.2, 0.25) is 0 Å². The normalized spacial score (nSPS) is 17.2. The number of nitriles is 1. The molecule has 3 atom stereocenters. The Morgan fingerprint density at radius 1 is 1.10 bits per heavy atom. The van der Waals surface area contributed by atoms with Crippen LogP contribution in [0.5, 0.6) is 0 Å². The van der Waals surface area contributed by atoms with Crippen LogP contribution in [0, 0.1) is 23.1 Å². The van der Waals surface area contributed by atoms with Gasteiger partial charge in [-0.2, -0.15) is 23.5 Å². The molecule has 204 valence electrons. The highest BCUT2D eigenvalue weighted by molar-refractivity contribution is 6.03. The maximum atomic E-state index is 15.0. The van der Waals surface area contributed by atoms with E-state index >= 15 is 0 Å². The van der Waals surface area contributed by atoms with Gasteiger partial charge in [0.25, 0.3) is 5.91 Å². The number of carbonyl (C=O) groups is 1. The number of alkyl halides is 3. The Labute approximate surface area is 225 Å². The Morgan fingerprint density at radius 2 is 1.82 bits per heavy atom. The van der Waals surface area contributed by atoms with Crippen molar-refractivity contribution < 1.29 is 32.6 Å². The SMILES string of the molecule is N#Cc1cccc(-n2nc(C(F)(F)F)cc2C(=O)Nc2ccc(C(O)c3ccc(C4CC4CO)cc3)cc2F)c1. The molecule has 0 radical (unpaired) electrons. The highest BCUT2D eigenvalue weighted by Gasteiger charge is 2.38. The highest BCUT2D eigenvalue weighted by Crippen LogP contribution is 2.47. The van der Waals surface area contributed by atoms with Crippen molar-refractivity contribution in [2.45, 2.75) is 24.6 Å². The number of aliphatic hydroxyl groups is 2. The van der Waals surface area contributed by atoms with E-state index in [9.17, 15) is 32.6 Å². The van der Waals surface area contributed by atoms with E-state index in [0.717, 1.165) is 22.7 Å². The van der Waals surface area contributed by atoms with Gasteiger partial charge in [-0.15, -0.1) is 0 Å². The fraction of sp³-hybridized carbons (Fsp3) is 0.207. The summed E-state index contributed by atoms with van der Waals surface area (Å²) in [6.45, 7) is 0.122. The first-order chi connectivity index (χ1) is 19.1. The van der Waals surface area contributed by atoms with E-state index in [1.54, 1.807) is 12.1 Å². The summed E-state index contributed by atoms with van der Waals surface area (Å²) in [4.78, 5) is 13.0. The smallest absolute Gasteiger partial charge is 0.396 e. The number of rotatable bonds is 7. The standard InChI is InChI=1S/C29H22F4N4O3/c30-23-12-19(27(39)18-6-4-17(5-7-18)22-11-20(22)15-38)8-9-24(23)35-28(40)25-13-26(29(31,32)33)36-37(25)21-3-1-2-16(10-21)14-34/h1-10,12-13,20,22,27,38-39H,11,15H2,(H,35,40). The minimum atomic E-state index is -4.85. The third kappa shape index (κ3) is 5.45. The average Bonchev–Trinajstić information content (AvgIpc) is 3.60. The fourth-order valence-electron chi connectivity index (χ4n) is 4.55. The van der Waals surface area contributed by atoms with Gasteiger partial charge in [0.15, 0.2) is 5.69 Å². The van der Waals surface area contributed by atoms with Gasteiger partial charge in [0, 0.05) is 12.7 Å². The molecule has 4 aromatic rings. The Kier molecular flexibility index (Phi) is 7.14. The molecule has 0 bridgehead atoms. The summed E-state index contributed by atoms with van der Waals surface area (Å²) in [7, 11) is 0. The number of halogens is 4. The van der Waals surface area contributed by atoms with Crippen LogP contribution in [0.1, 0.15) is 56.9 Å². The average molecular weight is 551 g/mol. The molecule has 1 saturated carbocycles. The van der Waals surface area contributed by atoms with Crippen molar-refractivity contribution in [3.8, 4) is 11.8 Å². The van der Waals surface area contributed by atoms with E-state index in [0.29, 0.717) is 11.6 Å². The zero-order valence-corrected chi connectivity index (χ0v) is 20.7. The maximum absolute atomic E-state index is 15.0. The molecule has 0 spiro atoms. The number of nitrogens with one attached hydrogen (secondary N) is 1. The van der Waals surface area contributed by atoms with Gasteiger partial charge >= 0.3 is 6.18 Å². The Hall–Kier alpha value is -4.53. The number of benzene rings is 3. The predicted molar refractivity (Wildman–Crippen MR) is 136 cm³/mol. The molecule has 7 nitrogen and oxygen atoms in total. The largest absolute Gasteiger partial charge is 0.435 e. The number of anilines is 1. The van der Waals surface area contributed by atoms with Crippen molar-refractivity contribution >= 4 is 11.6 Å².